The molecule has 2 rings (SSSR count). The second-order valence-corrected chi connectivity index (χ2v) is 5.20. The summed E-state index contributed by atoms with van der Waals surface area (Å²) in [6.07, 6.45) is -10.7. The monoisotopic (exact) mass is 412 g/mol. The Bertz CT molecular complexity index is 875. The van der Waals surface area contributed by atoms with Gasteiger partial charge in [0, 0.05) is 12.1 Å². The minimum absolute atomic E-state index is 0.248. The number of aromatic nitrogens is 3. The minimum atomic E-state index is -5.37. The lowest BCUT2D eigenvalue weighted by molar-refractivity contribution is -0.384. The van der Waals surface area contributed by atoms with Crippen molar-refractivity contribution < 1.29 is 40.8 Å². The molecule has 1 aromatic heterocycles. The first-order valence-corrected chi connectivity index (χ1v) is 7.38. The van der Waals surface area contributed by atoms with Gasteiger partial charge in [-0.25, -0.2) is 9.48 Å². The lowest BCUT2D eigenvalue weighted by Crippen LogP contribution is -2.28. The fraction of sp³-hybridized carbons (Fsp3) is 0.357. The predicted molar refractivity (Wildman–Crippen MR) is 77.9 cm³/mol. The molecule has 1 heterocycles. The van der Waals surface area contributed by atoms with Gasteiger partial charge in [-0.15, -0.1) is 5.10 Å². The van der Waals surface area contributed by atoms with Crippen molar-refractivity contribution in [2.75, 3.05) is 6.61 Å². The Morgan fingerprint density at radius 1 is 1.18 bits per heavy atom. The van der Waals surface area contributed by atoms with Crippen LogP contribution in [0.25, 0.3) is 0 Å². The molecule has 28 heavy (non-hydrogen) atoms. The van der Waals surface area contributed by atoms with E-state index in [1.54, 1.807) is 0 Å². The van der Waals surface area contributed by atoms with Gasteiger partial charge in [0.05, 0.1) is 11.5 Å². The zero-order chi connectivity index (χ0) is 21.3. The molecule has 1 unspecified atom stereocenters. The second kappa shape index (κ2) is 7.44. The third-order valence-electron chi connectivity index (χ3n) is 3.31. The Kier molecular flexibility index (Phi) is 5.61. The highest BCUT2D eigenvalue weighted by Gasteiger charge is 2.46. The number of carbonyl (C=O) groups excluding carboxylic acids is 1. The molecular weight excluding hydrogens is 402 g/mol. The first-order valence-electron chi connectivity index (χ1n) is 7.38. The van der Waals surface area contributed by atoms with Crippen LogP contribution >= 0.6 is 0 Å². The Hall–Kier alpha value is -3.19. The molecule has 0 bridgehead atoms. The van der Waals surface area contributed by atoms with E-state index in [-0.39, 0.29) is 16.9 Å². The van der Waals surface area contributed by atoms with E-state index < -0.39 is 46.6 Å². The second-order valence-electron chi connectivity index (χ2n) is 5.20. The van der Waals surface area contributed by atoms with Gasteiger partial charge in [-0.1, -0.05) is 0 Å². The van der Waals surface area contributed by atoms with Crippen molar-refractivity contribution >= 4 is 11.7 Å². The van der Waals surface area contributed by atoms with Crippen LogP contribution < -0.4 is 0 Å². The summed E-state index contributed by atoms with van der Waals surface area (Å²) < 4.78 is 82.5. The number of non-ortho nitro benzene ring substituents is 1. The SMILES string of the molecule is CCOC(=O)C(c1ccc([N+](=O)[O-])cc1)n1nc(C(F)(F)F)nc1C(F)(F)F. The number of halogens is 6. The van der Waals surface area contributed by atoms with Crippen LogP contribution in [0.2, 0.25) is 0 Å². The molecule has 0 saturated carbocycles. The number of ether oxygens (including phenoxy) is 1. The summed E-state index contributed by atoms with van der Waals surface area (Å²) in [5, 5.41) is 13.5. The molecule has 8 nitrogen and oxygen atoms in total. The molecule has 0 fully saturated rings. The predicted octanol–water partition coefficient (Wildman–Crippen LogP) is 3.38. The third-order valence-corrected chi connectivity index (χ3v) is 3.31. The molecule has 2 aromatic rings. The number of esters is 1. The molecule has 1 aromatic carbocycles. The Morgan fingerprint density at radius 2 is 1.75 bits per heavy atom. The van der Waals surface area contributed by atoms with Crippen molar-refractivity contribution in [3.05, 3.63) is 51.6 Å². The van der Waals surface area contributed by atoms with Crippen molar-refractivity contribution in [2.45, 2.75) is 25.3 Å². The highest BCUT2D eigenvalue weighted by Crippen LogP contribution is 2.35. The van der Waals surface area contributed by atoms with Gasteiger partial charge in [0.1, 0.15) is 0 Å². The van der Waals surface area contributed by atoms with E-state index in [2.05, 4.69) is 14.8 Å². The Labute approximate surface area is 151 Å². The van der Waals surface area contributed by atoms with Crippen LogP contribution in [-0.4, -0.2) is 32.3 Å². The summed E-state index contributed by atoms with van der Waals surface area (Å²) in [4.78, 5) is 24.6. The van der Waals surface area contributed by atoms with Crippen molar-refractivity contribution in [1.82, 2.24) is 14.8 Å². The summed E-state index contributed by atoms with van der Waals surface area (Å²) in [6.45, 7) is 1.04. The molecule has 14 heteroatoms. The van der Waals surface area contributed by atoms with E-state index in [1.165, 1.54) is 6.92 Å². The number of hydrogen-bond donors (Lipinski definition) is 0. The molecule has 0 radical (unpaired) electrons. The lowest BCUT2D eigenvalue weighted by Gasteiger charge is -2.18. The fourth-order valence-electron chi connectivity index (χ4n) is 2.19. The first-order chi connectivity index (χ1) is 12.9. The van der Waals surface area contributed by atoms with Crippen molar-refractivity contribution in [3.63, 3.8) is 0 Å². The summed E-state index contributed by atoms with van der Waals surface area (Å²) in [5.74, 6) is -5.52. The van der Waals surface area contributed by atoms with Gasteiger partial charge < -0.3 is 4.74 Å². The van der Waals surface area contributed by atoms with E-state index in [9.17, 15) is 41.3 Å². The van der Waals surface area contributed by atoms with Crippen LogP contribution in [0.15, 0.2) is 24.3 Å². The molecule has 152 valence electrons. The minimum Gasteiger partial charge on any atom is -0.464 e. The molecule has 0 spiro atoms. The van der Waals surface area contributed by atoms with Gasteiger partial charge in [-0.05, 0) is 24.6 Å². The standard InChI is InChI=1S/C14H10F6N4O4/c1-2-28-10(25)9(7-3-5-8(6-4-7)24(26)27)23-12(14(18,19)20)21-11(22-23)13(15,16)17/h3-6,9H,2H2,1H3. The maximum atomic E-state index is 13.2. The summed E-state index contributed by atoms with van der Waals surface area (Å²) in [6, 6.07) is 1.47. The first kappa shape index (κ1) is 21.1. The van der Waals surface area contributed by atoms with Crippen molar-refractivity contribution in [3.8, 4) is 0 Å². The smallest absolute Gasteiger partial charge is 0.453 e. The maximum Gasteiger partial charge on any atom is 0.453 e. The van der Waals surface area contributed by atoms with Gasteiger partial charge in [-0.3, -0.25) is 10.1 Å². The molecular formula is C14H10F6N4O4. The number of benzene rings is 1. The van der Waals surface area contributed by atoms with Gasteiger partial charge in [0.2, 0.25) is 5.82 Å². The Morgan fingerprint density at radius 3 is 2.18 bits per heavy atom. The molecule has 1 atom stereocenters. The molecule has 0 amide bonds. The van der Waals surface area contributed by atoms with Gasteiger partial charge in [0.25, 0.3) is 11.5 Å². The quantitative estimate of drug-likeness (QED) is 0.323. The van der Waals surface area contributed by atoms with Gasteiger partial charge in [0.15, 0.2) is 6.04 Å². The largest absolute Gasteiger partial charge is 0.464 e. The average Bonchev–Trinajstić information content (AvgIpc) is 3.01. The highest BCUT2D eigenvalue weighted by atomic mass is 19.4. The maximum absolute atomic E-state index is 13.2. The summed E-state index contributed by atoms with van der Waals surface area (Å²) >= 11 is 0. The summed E-state index contributed by atoms with van der Waals surface area (Å²) in [7, 11) is 0. The van der Waals surface area contributed by atoms with E-state index in [0.717, 1.165) is 24.3 Å². The number of nitrogens with zero attached hydrogens (tertiary/aromatic N) is 4. The number of nitro benzene ring substituents is 1. The molecule has 0 aliphatic rings. The topological polar surface area (TPSA) is 100 Å². The van der Waals surface area contributed by atoms with Crippen molar-refractivity contribution in [1.29, 1.82) is 0 Å². The molecule has 0 aliphatic heterocycles. The van der Waals surface area contributed by atoms with Crippen LogP contribution in [0, 0.1) is 10.1 Å². The highest BCUT2D eigenvalue weighted by molar-refractivity contribution is 5.78. The van der Waals surface area contributed by atoms with Crippen LogP contribution in [0.1, 0.15) is 30.2 Å². The van der Waals surface area contributed by atoms with Gasteiger partial charge >= 0.3 is 18.3 Å². The number of alkyl halides is 6. The van der Waals surface area contributed by atoms with Crippen LogP contribution in [0.3, 0.4) is 0 Å². The number of hydrogen-bond acceptors (Lipinski definition) is 6. The fourth-order valence-corrected chi connectivity index (χ4v) is 2.19. The van der Waals surface area contributed by atoms with E-state index in [1.807, 2.05) is 0 Å². The lowest BCUT2D eigenvalue weighted by atomic mass is 10.1. The Balaban J connectivity index is 2.68. The zero-order valence-corrected chi connectivity index (χ0v) is 13.8. The van der Waals surface area contributed by atoms with Crippen LogP contribution in [0.5, 0.6) is 0 Å². The van der Waals surface area contributed by atoms with Crippen LogP contribution in [0.4, 0.5) is 32.0 Å². The van der Waals surface area contributed by atoms with Crippen LogP contribution in [-0.2, 0) is 21.9 Å². The van der Waals surface area contributed by atoms with E-state index in [0.29, 0.717) is 0 Å². The third kappa shape index (κ3) is 4.37. The van der Waals surface area contributed by atoms with Gasteiger partial charge in [-0.2, -0.15) is 31.3 Å². The van der Waals surface area contributed by atoms with Crippen molar-refractivity contribution in [2.24, 2.45) is 0 Å². The molecule has 0 saturated heterocycles. The molecule has 0 N–H and O–H groups in total. The molecule has 0 aliphatic carbocycles. The number of nitro groups is 1. The van der Waals surface area contributed by atoms with E-state index >= 15 is 0 Å². The number of rotatable bonds is 5. The average molecular weight is 412 g/mol. The van der Waals surface area contributed by atoms with E-state index in [4.69, 9.17) is 0 Å². The zero-order valence-electron chi connectivity index (χ0n) is 13.8. The summed E-state index contributed by atoms with van der Waals surface area (Å²) in [5.41, 5.74) is -0.759. The normalized spacial score (nSPS) is 13.2. The number of carbonyl (C=O) groups is 1.